The lowest BCUT2D eigenvalue weighted by Gasteiger charge is -2.40. The van der Waals surface area contributed by atoms with Crippen molar-refractivity contribution >= 4 is 11.8 Å². The van der Waals surface area contributed by atoms with Crippen molar-refractivity contribution in [2.24, 2.45) is 11.1 Å². The lowest BCUT2D eigenvalue weighted by molar-refractivity contribution is -0.149. The van der Waals surface area contributed by atoms with Gasteiger partial charge >= 0.3 is 0 Å². The molecule has 0 aromatic heterocycles. The predicted octanol–water partition coefficient (Wildman–Crippen LogP) is 2.20. The topological polar surface area (TPSA) is 75.9 Å². The number of carbonyl (C=O) groups is 2. The van der Waals surface area contributed by atoms with E-state index in [9.17, 15) is 9.59 Å². The molecule has 1 fully saturated rings. The summed E-state index contributed by atoms with van der Waals surface area (Å²) in [5.41, 5.74) is 6.43. The molecule has 27 heavy (non-hydrogen) atoms. The number of aryl methyl sites for hydroxylation is 1. The maximum absolute atomic E-state index is 12.9. The Morgan fingerprint density at radius 3 is 2.19 bits per heavy atom. The van der Waals surface area contributed by atoms with Gasteiger partial charge in [0.1, 0.15) is 5.75 Å². The van der Waals surface area contributed by atoms with Gasteiger partial charge in [0.05, 0.1) is 5.41 Å². The van der Waals surface area contributed by atoms with Crippen LogP contribution in [0.4, 0.5) is 0 Å². The molecular formula is C21H33N3O3. The molecule has 1 heterocycles. The van der Waals surface area contributed by atoms with E-state index >= 15 is 0 Å². The van der Waals surface area contributed by atoms with Crippen LogP contribution in [0.1, 0.15) is 39.2 Å². The van der Waals surface area contributed by atoms with Crippen molar-refractivity contribution in [3.63, 3.8) is 0 Å². The minimum absolute atomic E-state index is 0.0403. The molecule has 0 radical (unpaired) electrons. The van der Waals surface area contributed by atoms with Gasteiger partial charge < -0.3 is 20.3 Å². The van der Waals surface area contributed by atoms with Crippen molar-refractivity contribution in [3.8, 4) is 5.75 Å². The first-order valence-electron chi connectivity index (χ1n) is 9.89. The van der Waals surface area contributed by atoms with Crippen molar-refractivity contribution in [1.82, 2.24) is 9.80 Å². The summed E-state index contributed by atoms with van der Waals surface area (Å²) in [5, 5.41) is 0. The number of nitrogens with zero attached hydrogens (tertiary/aromatic N) is 2. The summed E-state index contributed by atoms with van der Waals surface area (Å²) in [6.07, 6.45) is 0.918. The second-order valence-electron chi connectivity index (χ2n) is 7.33. The number of ether oxygens (including phenoxy) is 1. The fourth-order valence-electron chi connectivity index (χ4n) is 3.58. The maximum atomic E-state index is 12.9. The molecule has 2 rings (SSSR count). The third-order valence-electron chi connectivity index (χ3n) is 5.82. The number of hydrogen-bond donors (Lipinski definition) is 1. The van der Waals surface area contributed by atoms with Gasteiger partial charge in [-0.25, -0.2) is 0 Å². The first-order valence-corrected chi connectivity index (χ1v) is 9.89. The smallest absolute Gasteiger partial charge is 0.263 e. The molecule has 150 valence electrons. The van der Waals surface area contributed by atoms with Gasteiger partial charge in [-0.05, 0) is 38.3 Å². The molecule has 1 atom stereocenters. The summed E-state index contributed by atoms with van der Waals surface area (Å²) < 4.78 is 5.85. The third-order valence-corrected chi connectivity index (χ3v) is 5.82. The van der Waals surface area contributed by atoms with Gasteiger partial charge in [-0.2, -0.15) is 0 Å². The molecule has 1 aliphatic rings. The van der Waals surface area contributed by atoms with E-state index in [0.29, 0.717) is 32.7 Å². The van der Waals surface area contributed by atoms with Crippen LogP contribution >= 0.6 is 0 Å². The summed E-state index contributed by atoms with van der Waals surface area (Å²) in [6, 6.07) is 7.67. The Bertz CT molecular complexity index is 642. The second kappa shape index (κ2) is 9.22. The standard InChI is InChI=1S/C21H33N3O3/c1-5-21(6-2,15-22)20(26)24-13-11-23(12-14-24)19(25)17(4)27-18-10-8-7-9-16(18)3/h7-10,17H,5-6,11-15,22H2,1-4H3. The van der Waals surface area contributed by atoms with Crippen LogP contribution in [-0.4, -0.2) is 60.4 Å². The quantitative estimate of drug-likeness (QED) is 0.793. The molecule has 0 saturated carbocycles. The molecule has 1 aliphatic heterocycles. The molecule has 2 amide bonds. The summed E-state index contributed by atoms with van der Waals surface area (Å²) in [4.78, 5) is 29.3. The van der Waals surface area contributed by atoms with E-state index in [2.05, 4.69) is 0 Å². The van der Waals surface area contributed by atoms with E-state index in [1.807, 2.05) is 49.9 Å². The zero-order chi connectivity index (χ0) is 20.0. The Kier molecular flexibility index (Phi) is 7.25. The van der Waals surface area contributed by atoms with Crippen LogP contribution in [0, 0.1) is 12.3 Å². The van der Waals surface area contributed by atoms with Crippen LogP contribution in [0.5, 0.6) is 5.75 Å². The monoisotopic (exact) mass is 375 g/mol. The van der Waals surface area contributed by atoms with Crippen molar-refractivity contribution in [3.05, 3.63) is 29.8 Å². The predicted molar refractivity (Wildman–Crippen MR) is 106 cm³/mol. The molecular weight excluding hydrogens is 342 g/mol. The number of benzene rings is 1. The van der Waals surface area contributed by atoms with E-state index in [4.69, 9.17) is 10.5 Å². The van der Waals surface area contributed by atoms with Crippen molar-refractivity contribution in [2.75, 3.05) is 32.7 Å². The molecule has 1 saturated heterocycles. The van der Waals surface area contributed by atoms with Crippen LogP contribution in [0.25, 0.3) is 0 Å². The number of nitrogens with two attached hydrogens (primary N) is 1. The number of carbonyl (C=O) groups excluding carboxylic acids is 2. The molecule has 0 bridgehead atoms. The zero-order valence-electron chi connectivity index (χ0n) is 17.0. The van der Waals surface area contributed by atoms with E-state index < -0.39 is 11.5 Å². The molecule has 0 aliphatic carbocycles. The highest BCUT2D eigenvalue weighted by Crippen LogP contribution is 2.28. The van der Waals surface area contributed by atoms with Crippen molar-refractivity contribution in [1.29, 1.82) is 0 Å². The zero-order valence-corrected chi connectivity index (χ0v) is 17.0. The second-order valence-corrected chi connectivity index (χ2v) is 7.33. The fourth-order valence-corrected chi connectivity index (χ4v) is 3.58. The van der Waals surface area contributed by atoms with E-state index in [0.717, 1.165) is 24.2 Å². The van der Waals surface area contributed by atoms with Gasteiger partial charge in [0, 0.05) is 32.7 Å². The van der Waals surface area contributed by atoms with Crippen LogP contribution in [0.3, 0.4) is 0 Å². The minimum atomic E-state index is -0.553. The SMILES string of the molecule is CCC(CC)(CN)C(=O)N1CCN(C(=O)C(C)Oc2ccccc2C)CC1. The number of hydrogen-bond acceptors (Lipinski definition) is 4. The Hall–Kier alpha value is -2.08. The first kappa shape index (κ1) is 21.2. The summed E-state index contributed by atoms with van der Waals surface area (Å²) in [6.45, 7) is 10.3. The molecule has 6 nitrogen and oxygen atoms in total. The lowest BCUT2D eigenvalue weighted by Crippen LogP contribution is -2.57. The van der Waals surface area contributed by atoms with E-state index in [1.165, 1.54) is 0 Å². The lowest BCUT2D eigenvalue weighted by atomic mass is 9.81. The Balaban J connectivity index is 1.93. The van der Waals surface area contributed by atoms with Crippen LogP contribution in [0.2, 0.25) is 0 Å². The van der Waals surface area contributed by atoms with E-state index in [-0.39, 0.29) is 11.8 Å². The highest BCUT2D eigenvalue weighted by atomic mass is 16.5. The highest BCUT2D eigenvalue weighted by Gasteiger charge is 2.38. The van der Waals surface area contributed by atoms with Crippen LogP contribution < -0.4 is 10.5 Å². The van der Waals surface area contributed by atoms with Gasteiger partial charge in [0.25, 0.3) is 5.91 Å². The molecule has 1 unspecified atom stereocenters. The molecule has 0 spiro atoms. The van der Waals surface area contributed by atoms with Crippen LogP contribution in [0.15, 0.2) is 24.3 Å². The highest BCUT2D eigenvalue weighted by molar-refractivity contribution is 5.84. The molecule has 6 heteroatoms. The Morgan fingerprint density at radius 1 is 1.11 bits per heavy atom. The van der Waals surface area contributed by atoms with Crippen molar-refractivity contribution < 1.29 is 14.3 Å². The number of rotatable bonds is 7. The average Bonchev–Trinajstić information content (AvgIpc) is 2.71. The fraction of sp³-hybridized carbons (Fsp3) is 0.619. The normalized spacial score (nSPS) is 16.2. The van der Waals surface area contributed by atoms with Gasteiger partial charge in [-0.3, -0.25) is 9.59 Å². The maximum Gasteiger partial charge on any atom is 0.263 e. The van der Waals surface area contributed by atoms with Gasteiger partial charge in [-0.15, -0.1) is 0 Å². The van der Waals surface area contributed by atoms with Gasteiger partial charge in [-0.1, -0.05) is 32.0 Å². The molecule has 1 aromatic carbocycles. The third kappa shape index (κ3) is 4.61. The molecule has 2 N–H and O–H groups in total. The number of piperazine rings is 1. The van der Waals surface area contributed by atoms with Crippen LogP contribution in [-0.2, 0) is 9.59 Å². The number of amides is 2. The van der Waals surface area contributed by atoms with E-state index in [1.54, 1.807) is 11.8 Å². The number of para-hydroxylation sites is 1. The van der Waals surface area contributed by atoms with Gasteiger partial charge in [0.15, 0.2) is 6.10 Å². The summed E-state index contributed by atoms with van der Waals surface area (Å²) in [7, 11) is 0. The summed E-state index contributed by atoms with van der Waals surface area (Å²) in [5.74, 6) is 0.804. The minimum Gasteiger partial charge on any atom is -0.481 e. The Morgan fingerprint density at radius 2 is 1.67 bits per heavy atom. The molecule has 1 aromatic rings. The largest absolute Gasteiger partial charge is 0.481 e. The Labute approximate surface area is 162 Å². The average molecular weight is 376 g/mol. The summed E-state index contributed by atoms with van der Waals surface area (Å²) >= 11 is 0. The van der Waals surface area contributed by atoms with Gasteiger partial charge in [0.2, 0.25) is 5.91 Å². The van der Waals surface area contributed by atoms with Crippen molar-refractivity contribution in [2.45, 2.75) is 46.6 Å². The first-order chi connectivity index (χ1) is 12.9.